The molecule has 1 aromatic heterocycles. The number of hydrogen-bond donors (Lipinski definition) is 0. The fraction of sp³-hybridized carbons (Fsp3) is 0. The highest BCUT2D eigenvalue weighted by molar-refractivity contribution is 6.23. The predicted octanol–water partition coefficient (Wildman–Crippen LogP) is 12.6. The Kier molecular flexibility index (Phi) is 3.08. The molecule has 9 rings (SSSR count). The topological polar surface area (TPSA) is 13.1 Å². The summed E-state index contributed by atoms with van der Waals surface area (Å²) >= 11 is 0. The summed E-state index contributed by atoms with van der Waals surface area (Å²) < 4.78 is 165. The minimum absolute atomic E-state index is 0.0146. The number of furan rings is 1. The SMILES string of the molecule is [2H]c1c([2H])c([2H])c(-c2ccc(-c3c4c([2H])c([2H])c([2H])c([2H])c4c(-c4cc5c(cc4-c4c([2H])c([2H])c([2H])c([2H])c4[2H])oc4ccccc45)c4c([2H])c([2H])c([2H])c([2H])c34)cc2)c([2H])c1[2H]. The largest absolute Gasteiger partial charge is 0.456 e. The Morgan fingerprint density at radius 1 is 0.356 bits per heavy atom. The molecule has 0 saturated heterocycles. The van der Waals surface area contributed by atoms with Crippen LogP contribution in [-0.4, -0.2) is 0 Å². The molecule has 45 heavy (non-hydrogen) atoms. The predicted molar refractivity (Wildman–Crippen MR) is 190 cm³/mol. The molecule has 0 fully saturated rings. The van der Waals surface area contributed by atoms with Crippen LogP contribution in [0.1, 0.15) is 24.7 Å². The smallest absolute Gasteiger partial charge is 0.136 e. The lowest BCUT2D eigenvalue weighted by Crippen LogP contribution is -1.93. The zero-order valence-corrected chi connectivity index (χ0v) is 23.2. The van der Waals surface area contributed by atoms with Crippen molar-refractivity contribution in [3.63, 3.8) is 0 Å². The van der Waals surface area contributed by atoms with Gasteiger partial charge in [0.05, 0.1) is 24.7 Å². The number of rotatable bonds is 4. The standard InChI is InChI=1S/C44H28O/c1-3-13-29(14-4-1)30-23-25-32(26-24-30)43-34-18-7-9-20-36(34)44(37-21-10-8-19-35(37)43)40-27-39-33-17-11-12-22-41(33)45-42(39)28-38(40)31-15-5-2-6-16-31/h1-28H/i1D,2D,3D,4D,5D,6D,7D,8D,9D,10D,13D,14D,15D,16D,18D,19D,20D,21D. The van der Waals surface area contributed by atoms with Crippen LogP contribution in [-0.2, 0) is 0 Å². The zero-order valence-electron chi connectivity index (χ0n) is 41.2. The quantitative estimate of drug-likeness (QED) is 0.186. The van der Waals surface area contributed by atoms with E-state index in [9.17, 15) is 5.48 Å². The van der Waals surface area contributed by atoms with Crippen molar-refractivity contribution in [2.45, 2.75) is 0 Å². The molecule has 0 radical (unpaired) electrons. The van der Waals surface area contributed by atoms with Gasteiger partial charge < -0.3 is 4.42 Å². The van der Waals surface area contributed by atoms with Gasteiger partial charge in [0.15, 0.2) is 0 Å². The van der Waals surface area contributed by atoms with E-state index in [1.807, 2.05) is 0 Å². The molecule has 0 atom stereocenters. The highest BCUT2D eigenvalue weighted by atomic mass is 16.3. The van der Waals surface area contributed by atoms with Gasteiger partial charge in [0, 0.05) is 10.8 Å². The summed E-state index contributed by atoms with van der Waals surface area (Å²) in [5.41, 5.74) is 0.447. The first-order valence-corrected chi connectivity index (χ1v) is 14.0. The lowest BCUT2D eigenvalue weighted by Gasteiger charge is -2.20. The number of benzene rings is 8. The summed E-state index contributed by atoms with van der Waals surface area (Å²) in [6.07, 6.45) is 0. The minimum Gasteiger partial charge on any atom is -0.456 e. The Morgan fingerprint density at radius 2 is 0.889 bits per heavy atom. The number of hydrogen-bond acceptors (Lipinski definition) is 1. The van der Waals surface area contributed by atoms with E-state index in [1.54, 1.807) is 30.3 Å². The summed E-state index contributed by atoms with van der Waals surface area (Å²) in [6.45, 7) is 0. The van der Waals surface area contributed by atoms with Crippen LogP contribution in [0.2, 0.25) is 0 Å². The lowest BCUT2D eigenvalue weighted by atomic mass is 9.83. The fourth-order valence-corrected chi connectivity index (χ4v) is 5.95. The van der Waals surface area contributed by atoms with Gasteiger partial charge >= 0.3 is 0 Å². The van der Waals surface area contributed by atoms with E-state index >= 15 is 0 Å². The molecule has 1 heteroatoms. The molecular weight excluding hydrogens is 544 g/mol. The number of fused-ring (bicyclic) bond motifs is 5. The first kappa shape index (κ1) is 13.4. The van der Waals surface area contributed by atoms with E-state index in [0.717, 1.165) is 0 Å². The molecule has 9 aromatic rings. The van der Waals surface area contributed by atoms with E-state index < -0.39 is 109 Å². The van der Waals surface area contributed by atoms with E-state index in [1.165, 1.54) is 30.3 Å². The second-order valence-electron chi connectivity index (χ2n) is 10.3. The van der Waals surface area contributed by atoms with Crippen molar-refractivity contribution in [1.29, 1.82) is 0 Å². The van der Waals surface area contributed by atoms with Gasteiger partial charge in [0.2, 0.25) is 0 Å². The highest BCUT2D eigenvalue weighted by Gasteiger charge is 2.21. The van der Waals surface area contributed by atoms with Gasteiger partial charge in [-0.2, -0.15) is 0 Å². The van der Waals surface area contributed by atoms with Gasteiger partial charge in [-0.3, -0.25) is 0 Å². The maximum Gasteiger partial charge on any atom is 0.136 e. The Balaban J connectivity index is 1.52. The van der Waals surface area contributed by atoms with Crippen molar-refractivity contribution in [2.24, 2.45) is 0 Å². The Bertz CT molecular complexity index is 3400. The molecule has 8 aromatic carbocycles. The van der Waals surface area contributed by atoms with Gasteiger partial charge in [-0.15, -0.1) is 0 Å². The fourth-order valence-electron chi connectivity index (χ4n) is 5.95. The Hall–Kier alpha value is -5.92. The van der Waals surface area contributed by atoms with E-state index in [4.69, 9.17) is 23.6 Å². The normalized spacial score (nSPS) is 17.2. The second-order valence-corrected chi connectivity index (χ2v) is 10.3. The second kappa shape index (κ2) is 10.4. The van der Waals surface area contributed by atoms with Gasteiger partial charge in [-0.05, 0) is 84.3 Å². The average molecular weight is 591 g/mol. The van der Waals surface area contributed by atoms with E-state index in [2.05, 4.69) is 0 Å². The Morgan fingerprint density at radius 3 is 1.53 bits per heavy atom. The van der Waals surface area contributed by atoms with Crippen molar-refractivity contribution in [3.05, 3.63) is 169 Å². The third-order valence-corrected chi connectivity index (χ3v) is 7.89. The van der Waals surface area contributed by atoms with Crippen molar-refractivity contribution >= 4 is 43.5 Å². The molecule has 1 nitrogen and oxygen atoms in total. The van der Waals surface area contributed by atoms with Crippen LogP contribution in [0.15, 0.2) is 174 Å². The lowest BCUT2D eigenvalue weighted by molar-refractivity contribution is 0.669. The highest BCUT2D eigenvalue weighted by Crippen LogP contribution is 2.48. The van der Waals surface area contributed by atoms with Crippen LogP contribution in [0.5, 0.6) is 0 Å². The summed E-state index contributed by atoms with van der Waals surface area (Å²) in [5.74, 6) is 0. The van der Waals surface area contributed by atoms with Gasteiger partial charge in [-0.25, -0.2) is 0 Å². The van der Waals surface area contributed by atoms with Crippen LogP contribution < -0.4 is 0 Å². The van der Waals surface area contributed by atoms with Crippen molar-refractivity contribution < 1.29 is 29.1 Å². The van der Waals surface area contributed by atoms with Crippen molar-refractivity contribution in [3.8, 4) is 44.5 Å². The molecule has 0 spiro atoms. The van der Waals surface area contributed by atoms with Crippen LogP contribution in [0.4, 0.5) is 0 Å². The van der Waals surface area contributed by atoms with Crippen molar-refractivity contribution in [2.75, 3.05) is 0 Å². The molecular formula is C44H28O. The first-order valence-electron chi connectivity index (χ1n) is 23.0. The molecule has 0 unspecified atom stereocenters. The molecule has 0 bridgehead atoms. The summed E-state index contributed by atoms with van der Waals surface area (Å²) in [4.78, 5) is 0. The molecule has 0 aliphatic heterocycles. The molecule has 0 aliphatic rings. The van der Waals surface area contributed by atoms with Crippen LogP contribution in [0.25, 0.3) is 88.0 Å². The third-order valence-electron chi connectivity index (χ3n) is 7.89. The molecule has 210 valence electrons. The maximum atomic E-state index is 9.49. The third kappa shape index (κ3) is 4.17. The van der Waals surface area contributed by atoms with Gasteiger partial charge in [-0.1, -0.05) is 151 Å². The van der Waals surface area contributed by atoms with Gasteiger partial charge in [0.25, 0.3) is 0 Å². The Labute approximate surface area is 286 Å². The van der Waals surface area contributed by atoms with Gasteiger partial charge in [0.1, 0.15) is 11.2 Å². The number of para-hydroxylation sites is 1. The monoisotopic (exact) mass is 590 g/mol. The van der Waals surface area contributed by atoms with Crippen molar-refractivity contribution in [1.82, 2.24) is 0 Å². The zero-order chi connectivity index (χ0) is 45.4. The maximum absolute atomic E-state index is 9.49. The van der Waals surface area contributed by atoms with Crippen LogP contribution in [0.3, 0.4) is 0 Å². The summed E-state index contributed by atoms with van der Waals surface area (Å²) in [7, 11) is 0. The van der Waals surface area contributed by atoms with E-state index in [0.29, 0.717) is 16.4 Å². The molecule has 1 heterocycles. The van der Waals surface area contributed by atoms with E-state index in [-0.39, 0.29) is 71.6 Å². The minimum atomic E-state index is -0.685. The molecule has 0 amide bonds. The molecule has 0 aliphatic carbocycles. The molecule has 0 saturated carbocycles. The average Bonchev–Trinajstić information content (AvgIpc) is 3.65. The van der Waals surface area contributed by atoms with Crippen LogP contribution in [0, 0.1) is 0 Å². The summed E-state index contributed by atoms with van der Waals surface area (Å²) in [6, 6.07) is 4.93. The first-order chi connectivity index (χ1) is 29.8. The molecule has 0 N–H and O–H groups in total. The van der Waals surface area contributed by atoms with Crippen LogP contribution >= 0.6 is 0 Å². The summed E-state index contributed by atoms with van der Waals surface area (Å²) in [5, 5.41) is 0.288.